The van der Waals surface area contributed by atoms with Crippen LogP contribution in [0.2, 0.25) is 4.47 Å². The number of nitrogens with one attached hydrogen (secondary N) is 1. The van der Waals surface area contributed by atoms with Crippen molar-refractivity contribution in [2.45, 2.75) is 10.9 Å². The molecule has 0 spiro atoms. The highest BCUT2D eigenvalue weighted by atomic mass is 35.5. The molecule has 0 amide bonds. The minimum Gasteiger partial charge on any atom is -0.254 e. The molecule has 0 atom stereocenters. The topological polar surface area (TPSA) is 54.5 Å². The van der Waals surface area contributed by atoms with Crippen LogP contribution in [0.5, 0.6) is 0 Å². The van der Waals surface area contributed by atoms with Gasteiger partial charge in [-0.2, -0.15) is 5.10 Å². The van der Waals surface area contributed by atoms with Crippen molar-refractivity contribution < 1.29 is 0 Å². The van der Waals surface area contributed by atoms with E-state index in [0.717, 1.165) is 15.8 Å². The largest absolute Gasteiger partial charge is 0.254 e. The van der Waals surface area contributed by atoms with Crippen molar-refractivity contribution in [2.24, 2.45) is 0 Å². The van der Waals surface area contributed by atoms with Crippen molar-refractivity contribution >= 4 is 34.7 Å². The number of H-pyrrole nitrogens is 1. The van der Waals surface area contributed by atoms with E-state index >= 15 is 0 Å². The van der Waals surface area contributed by atoms with E-state index in [0.29, 0.717) is 4.47 Å². The van der Waals surface area contributed by atoms with E-state index in [1.165, 1.54) is 17.7 Å². The first-order valence-electron chi connectivity index (χ1n) is 3.43. The van der Waals surface area contributed by atoms with Gasteiger partial charge in [-0.25, -0.2) is 9.97 Å². The van der Waals surface area contributed by atoms with Gasteiger partial charge in [0.15, 0.2) is 9.62 Å². The first kappa shape index (κ1) is 8.98. The lowest BCUT2D eigenvalue weighted by Gasteiger charge is -1.91. The summed E-state index contributed by atoms with van der Waals surface area (Å²) in [5.41, 5.74) is 0. The van der Waals surface area contributed by atoms with Gasteiger partial charge in [-0.3, -0.25) is 5.10 Å². The molecule has 4 nitrogen and oxygen atoms in total. The third-order valence-electron chi connectivity index (χ3n) is 1.27. The summed E-state index contributed by atoms with van der Waals surface area (Å²) in [5.74, 6) is 0.819. The molecule has 0 unspecified atom stereocenters. The molecule has 1 N–H and O–H groups in total. The summed E-state index contributed by atoms with van der Waals surface area (Å²) in [6.45, 7) is 0. The number of rotatable bonds is 3. The Kier molecular flexibility index (Phi) is 2.82. The Morgan fingerprint density at radius 2 is 2.46 bits per heavy atom. The highest BCUT2D eigenvalue weighted by Crippen LogP contribution is 2.24. The molecule has 0 aliphatic rings. The van der Waals surface area contributed by atoms with Crippen LogP contribution in [-0.4, -0.2) is 20.2 Å². The average Bonchev–Trinajstić information content (AvgIpc) is 2.71. The first-order chi connectivity index (χ1) is 6.34. The third-order valence-corrected chi connectivity index (χ3v) is 3.49. The zero-order valence-electron chi connectivity index (χ0n) is 6.40. The number of aromatic nitrogens is 4. The predicted molar refractivity (Wildman–Crippen MR) is 53.1 cm³/mol. The first-order valence-corrected chi connectivity index (χ1v) is 5.61. The van der Waals surface area contributed by atoms with E-state index in [1.54, 1.807) is 18.0 Å². The molecule has 13 heavy (non-hydrogen) atoms. The molecule has 68 valence electrons. The number of nitrogens with zero attached hydrogens (tertiary/aromatic N) is 3. The lowest BCUT2D eigenvalue weighted by molar-refractivity contribution is 0.973. The molecule has 7 heteroatoms. The summed E-state index contributed by atoms with van der Waals surface area (Å²) in [5, 5.41) is 7.32. The Bertz CT molecular complexity index is 372. The maximum atomic E-state index is 5.68. The van der Waals surface area contributed by atoms with Crippen molar-refractivity contribution in [3.05, 3.63) is 21.9 Å². The number of thiazole rings is 1. The van der Waals surface area contributed by atoms with Gasteiger partial charge in [-0.05, 0) is 0 Å². The summed E-state index contributed by atoms with van der Waals surface area (Å²) >= 11 is 8.74. The molecular formula is C6H5ClN4S2. The van der Waals surface area contributed by atoms with Gasteiger partial charge in [-0.1, -0.05) is 23.4 Å². The van der Waals surface area contributed by atoms with Gasteiger partial charge in [0.25, 0.3) is 0 Å². The molecule has 0 aliphatic carbocycles. The molecule has 2 aromatic heterocycles. The standard InChI is InChI=1S/C6H5ClN4S2/c7-5-8-1-4(13-5)2-12-6-9-3-10-11-6/h1,3H,2H2,(H,9,10,11). The maximum absolute atomic E-state index is 5.68. The molecule has 0 aromatic carbocycles. The van der Waals surface area contributed by atoms with Crippen LogP contribution in [0.15, 0.2) is 17.7 Å². The Labute approximate surface area is 87.8 Å². The number of halogens is 1. The SMILES string of the molecule is Clc1ncc(CSc2ncn[nH]2)s1. The zero-order chi connectivity index (χ0) is 9.10. The zero-order valence-corrected chi connectivity index (χ0v) is 8.79. The minimum atomic E-state index is 0.577. The van der Waals surface area contributed by atoms with Crippen LogP contribution in [0, 0.1) is 0 Å². The average molecular weight is 233 g/mol. The van der Waals surface area contributed by atoms with Gasteiger partial charge in [0.05, 0.1) is 0 Å². The molecule has 0 aliphatic heterocycles. The fourth-order valence-corrected chi connectivity index (χ4v) is 2.53. The second kappa shape index (κ2) is 4.08. The molecule has 2 aromatic rings. The van der Waals surface area contributed by atoms with Crippen molar-refractivity contribution in [2.75, 3.05) is 0 Å². The smallest absolute Gasteiger partial charge is 0.183 e. The predicted octanol–water partition coefficient (Wildman–Crippen LogP) is 2.21. The highest BCUT2D eigenvalue weighted by Gasteiger charge is 2.01. The Morgan fingerprint density at radius 1 is 1.54 bits per heavy atom. The van der Waals surface area contributed by atoms with Gasteiger partial charge in [0, 0.05) is 16.8 Å². The van der Waals surface area contributed by atoms with Gasteiger partial charge in [0.2, 0.25) is 0 Å². The van der Waals surface area contributed by atoms with Gasteiger partial charge in [0.1, 0.15) is 6.33 Å². The van der Waals surface area contributed by atoms with Crippen LogP contribution in [0.25, 0.3) is 0 Å². The Morgan fingerprint density at radius 3 is 3.08 bits per heavy atom. The van der Waals surface area contributed by atoms with Crippen LogP contribution in [0.1, 0.15) is 4.88 Å². The number of hydrogen-bond acceptors (Lipinski definition) is 5. The molecule has 0 saturated heterocycles. The van der Waals surface area contributed by atoms with E-state index in [4.69, 9.17) is 11.6 Å². The van der Waals surface area contributed by atoms with E-state index in [9.17, 15) is 0 Å². The monoisotopic (exact) mass is 232 g/mol. The fraction of sp³-hybridized carbons (Fsp3) is 0.167. The van der Waals surface area contributed by atoms with Crippen LogP contribution < -0.4 is 0 Å². The summed E-state index contributed by atoms with van der Waals surface area (Å²) in [6.07, 6.45) is 3.26. The number of aromatic amines is 1. The van der Waals surface area contributed by atoms with Crippen LogP contribution in [-0.2, 0) is 5.75 Å². The molecule has 0 bridgehead atoms. The van der Waals surface area contributed by atoms with Crippen molar-refractivity contribution in [3.63, 3.8) is 0 Å². The molecule has 0 fully saturated rings. The molecule has 0 radical (unpaired) electrons. The molecule has 0 saturated carbocycles. The second-order valence-electron chi connectivity index (χ2n) is 2.16. The van der Waals surface area contributed by atoms with E-state index in [2.05, 4.69) is 20.2 Å². The van der Waals surface area contributed by atoms with E-state index < -0.39 is 0 Å². The summed E-state index contributed by atoms with van der Waals surface area (Å²) in [6, 6.07) is 0. The quantitative estimate of drug-likeness (QED) is 0.825. The van der Waals surface area contributed by atoms with Crippen LogP contribution in [0.4, 0.5) is 0 Å². The molecule has 2 rings (SSSR count). The Balaban J connectivity index is 1.93. The van der Waals surface area contributed by atoms with Crippen molar-refractivity contribution in [1.82, 2.24) is 20.2 Å². The lowest BCUT2D eigenvalue weighted by atomic mass is 10.6. The minimum absolute atomic E-state index is 0.577. The molecular weight excluding hydrogens is 228 g/mol. The van der Waals surface area contributed by atoms with Crippen LogP contribution in [0.3, 0.4) is 0 Å². The summed E-state index contributed by atoms with van der Waals surface area (Å²) in [4.78, 5) is 9.06. The fourth-order valence-electron chi connectivity index (χ4n) is 0.754. The van der Waals surface area contributed by atoms with Crippen LogP contribution >= 0.6 is 34.7 Å². The Hall–Kier alpha value is -0.590. The van der Waals surface area contributed by atoms with Crippen molar-refractivity contribution in [1.29, 1.82) is 0 Å². The normalized spacial score (nSPS) is 10.5. The van der Waals surface area contributed by atoms with Gasteiger partial charge in [-0.15, -0.1) is 11.3 Å². The highest BCUT2D eigenvalue weighted by molar-refractivity contribution is 7.98. The van der Waals surface area contributed by atoms with E-state index in [1.807, 2.05) is 0 Å². The van der Waals surface area contributed by atoms with E-state index in [-0.39, 0.29) is 0 Å². The van der Waals surface area contributed by atoms with Gasteiger partial charge < -0.3 is 0 Å². The lowest BCUT2D eigenvalue weighted by Crippen LogP contribution is -1.76. The second-order valence-corrected chi connectivity index (χ2v) is 4.82. The molecule has 2 heterocycles. The summed E-state index contributed by atoms with van der Waals surface area (Å²) < 4.78 is 0.577. The number of hydrogen-bond donors (Lipinski definition) is 1. The third kappa shape index (κ3) is 2.43. The van der Waals surface area contributed by atoms with Gasteiger partial charge >= 0.3 is 0 Å². The number of thioether (sulfide) groups is 1. The van der Waals surface area contributed by atoms with Crippen molar-refractivity contribution in [3.8, 4) is 0 Å². The summed E-state index contributed by atoms with van der Waals surface area (Å²) in [7, 11) is 0. The maximum Gasteiger partial charge on any atom is 0.183 e.